The molecule has 0 bridgehead atoms. The van der Waals surface area contributed by atoms with E-state index < -0.39 is 0 Å². The van der Waals surface area contributed by atoms with Crippen LogP contribution in [0.25, 0.3) is 0 Å². The van der Waals surface area contributed by atoms with Crippen molar-refractivity contribution in [3.05, 3.63) is 30.1 Å². The van der Waals surface area contributed by atoms with Gasteiger partial charge in [-0.3, -0.25) is 4.79 Å². The van der Waals surface area contributed by atoms with Crippen LogP contribution in [-0.4, -0.2) is 40.9 Å². The van der Waals surface area contributed by atoms with Crippen molar-refractivity contribution in [3.8, 4) is 0 Å². The van der Waals surface area contributed by atoms with Gasteiger partial charge in [-0.1, -0.05) is 12.1 Å². The Balaban J connectivity index is 1.89. The monoisotopic (exact) mass is 297 g/mol. The molecule has 110 valence electrons. The molecule has 0 radical (unpaired) electrons. The van der Waals surface area contributed by atoms with Crippen LogP contribution in [0, 0.1) is 5.82 Å². The molecule has 0 spiro atoms. The first-order valence-electron chi connectivity index (χ1n) is 7.00. The molecule has 5 heteroatoms. The lowest BCUT2D eigenvalue weighted by Gasteiger charge is -2.37. The molecule has 0 aromatic heterocycles. The van der Waals surface area contributed by atoms with Crippen molar-refractivity contribution in [2.24, 2.45) is 0 Å². The second-order valence-corrected chi connectivity index (χ2v) is 5.99. The highest BCUT2D eigenvalue weighted by Crippen LogP contribution is 2.27. The summed E-state index contributed by atoms with van der Waals surface area (Å²) < 4.78 is 13.5. The van der Waals surface area contributed by atoms with Gasteiger partial charge in [0.15, 0.2) is 0 Å². The molecular weight excluding hydrogens is 277 g/mol. The number of rotatable bonds is 7. The van der Waals surface area contributed by atoms with Crippen molar-refractivity contribution in [2.75, 3.05) is 18.9 Å². The Kier molecular flexibility index (Phi) is 5.86. The Hall–Kier alpha value is -1.07. The van der Waals surface area contributed by atoms with Crippen molar-refractivity contribution in [3.63, 3.8) is 0 Å². The van der Waals surface area contributed by atoms with Crippen molar-refractivity contribution >= 4 is 17.7 Å². The quantitative estimate of drug-likeness (QED) is 0.787. The molecule has 1 aliphatic carbocycles. The van der Waals surface area contributed by atoms with E-state index in [1.54, 1.807) is 18.2 Å². The fourth-order valence-electron chi connectivity index (χ4n) is 2.23. The lowest BCUT2D eigenvalue weighted by atomic mass is 9.91. The van der Waals surface area contributed by atoms with Crippen LogP contribution in [0.3, 0.4) is 0 Å². The van der Waals surface area contributed by atoms with E-state index in [4.69, 9.17) is 5.11 Å². The zero-order valence-corrected chi connectivity index (χ0v) is 12.2. The normalized spacial score (nSPS) is 14.9. The van der Waals surface area contributed by atoms with Gasteiger partial charge in [-0.15, -0.1) is 11.8 Å². The first-order chi connectivity index (χ1) is 9.72. The number of aliphatic hydroxyl groups is 1. The second-order valence-electron chi connectivity index (χ2n) is 4.97. The number of thioether (sulfide) groups is 1. The highest BCUT2D eigenvalue weighted by molar-refractivity contribution is 8.00. The SMILES string of the molecule is O=C(CSc1ccccc1F)N(CCCO)C1CCC1. The number of carbonyl (C=O) groups excluding carboxylic acids is 1. The maximum Gasteiger partial charge on any atom is 0.233 e. The number of aliphatic hydroxyl groups excluding tert-OH is 1. The van der Waals surface area contributed by atoms with Gasteiger partial charge < -0.3 is 10.0 Å². The van der Waals surface area contributed by atoms with E-state index in [1.165, 1.54) is 17.8 Å². The lowest BCUT2D eigenvalue weighted by Crippen LogP contribution is -2.45. The molecule has 1 amide bonds. The molecule has 0 aliphatic heterocycles. The molecule has 2 rings (SSSR count). The Morgan fingerprint density at radius 1 is 1.40 bits per heavy atom. The maximum atomic E-state index is 13.5. The lowest BCUT2D eigenvalue weighted by molar-refractivity contribution is -0.132. The second kappa shape index (κ2) is 7.64. The van der Waals surface area contributed by atoms with Gasteiger partial charge in [0.1, 0.15) is 5.82 Å². The molecule has 1 aliphatic rings. The van der Waals surface area contributed by atoms with Gasteiger partial charge in [0.05, 0.1) is 5.75 Å². The van der Waals surface area contributed by atoms with E-state index in [0.29, 0.717) is 23.9 Å². The summed E-state index contributed by atoms with van der Waals surface area (Å²) >= 11 is 1.24. The van der Waals surface area contributed by atoms with Gasteiger partial charge in [-0.25, -0.2) is 4.39 Å². The summed E-state index contributed by atoms with van der Waals surface area (Å²) in [5, 5.41) is 8.92. The highest BCUT2D eigenvalue weighted by atomic mass is 32.2. The fraction of sp³-hybridized carbons (Fsp3) is 0.533. The van der Waals surface area contributed by atoms with Gasteiger partial charge >= 0.3 is 0 Å². The minimum Gasteiger partial charge on any atom is -0.396 e. The predicted octanol–water partition coefficient (Wildman–Crippen LogP) is 2.68. The number of amides is 1. The Bertz CT molecular complexity index is 451. The third kappa shape index (κ3) is 3.96. The standard InChI is InChI=1S/C15H20FNO2S/c16-13-7-1-2-8-14(13)20-11-15(19)17(9-4-10-18)12-5-3-6-12/h1-2,7-8,12,18H,3-6,9-11H2. The molecule has 1 saturated carbocycles. The molecule has 1 N–H and O–H groups in total. The zero-order valence-electron chi connectivity index (χ0n) is 11.4. The average molecular weight is 297 g/mol. The van der Waals surface area contributed by atoms with E-state index in [9.17, 15) is 9.18 Å². The summed E-state index contributed by atoms with van der Waals surface area (Å²) in [7, 11) is 0. The van der Waals surface area contributed by atoms with Crippen LogP contribution < -0.4 is 0 Å². The topological polar surface area (TPSA) is 40.5 Å². The maximum absolute atomic E-state index is 13.5. The average Bonchev–Trinajstić information content (AvgIpc) is 2.40. The molecule has 20 heavy (non-hydrogen) atoms. The number of hydrogen-bond donors (Lipinski definition) is 1. The van der Waals surface area contributed by atoms with Crippen molar-refractivity contribution in [1.29, 1.82) is 0 Å². The third-order valence-electron chi connectivity index (χ3n) is 3.58. The molecule has 0 saturated heterocycles. The fourth-order valence-corrected chi connectivity index (χ4v) is 3.06. The molecule has 0 unspecified atom stereocenters. The smallest absolute Gasteiger partial charge is 0.233 e. The first kappa shape index (κ1) is 15.3. The van der Waals surface area contributed by atoms with E-state index in [-0.39, 0.29) is 24.1 Å². The molecule has 3 nitrogen and oxygen atoms in total. The Morgan fingerprint density at radius 3 is 2.75 bits per heavy atom. The number of carbonyl (C=O) groups is 1. The van der Waals surface area contributed by atoms with Crippen LogP contribution >= 0.6 is 11.8 Å². The molecular formula is C15H20FNO2S. The summed E-state index contributed by atoms with van der Waals surface area (Å²) in [6.07, 6.45) is 3.85. The van der Waals surface area contributed by atoms with Crippen molar-refractivity contribution in [1.82, 2.24) is 4.90 Å². The van der Waals surface area contributed by atoms with Crippen LogP contribution in [0.2, 0.25) is 0 Å². The summed E-state index contributed by atoms with van der Waals surface area (Å²) in [4.78, 5) is 14.6. The van der Waals surface area contributed by atoms with E-state index in [2.05, 4.69) is 0 Å². The summed E-state index contributed by atoms with van der Waals surface area (Å²) in [6.45, 7) is 0.689. The number of benzene rings is 1. The summed E-state index contributed by atoms with van der Waals surface area (Å²) in [5.74, 6) is 0.00956. The molecule has 0 atom stereocenters. The first-order valence-corrected chi connectivity index (χ1v) is 7.98. The van der Waals surface area contributed by atoms with Crippen LogP contribution in [0.5, 0.6) is 0 Å². The Morgan fingerprint density at radius 2 is 2.15 bits per heavy atom. The van der Waals surface area contributed by atoms with Crippen LogP contribution in [0.15, 0.2) is 29.2 Å². The minimum absolute atomic E-state index is 0.0383. The van der Waals surface area contributed by atoms with Crippen LogP contribution in [-0.2, 0) is 4.79 Å². The number of hydrogen-bond acceptors (Lipinski definition) is 3. The molecule has 0 heterocycles. The zero-order chi connectivity index (χ0) is 14.4. The molecule has 1 fully saturated rings. The van der Waals surface area contributed by atoms with Crippen molar-refractivity contribution in [2.45, 2.75) is 36.6 Å². The molecule has 1 aromatic carbocycles. The summed E-state index contributed by atoms with van der Waals surface area (Å²) in [6, 6.07) is 6.82. The van der Waals surface area contributed by atoms with Gasteiger partial charge in [0.2, 0.25) is 5.91 Å². The van der Waals surface area contributed by atoms with Gasteiger partial charge in [0, 0.05) is 24.1 Å². The van der Waals surface area contributed by atoms with E-state index >= 15 is 0 Å². The van der Waals surface area contributed by atoms with Crippen molar-refractivity contribution < 1.29 is 14.3 Å². The van der Waals surface area contributed by atoms with Crippen LogP contribution in [0.4, 0.5) is 4.39 Å². The summed E-state index contributed by atoms with van der Waals surface area (Å²) in [5.41, 5.74) is 0. The van der Waals surface area contributed by atoms with Gasteiger partial charge in [-0.05, 0) is 37.8 Å². The highest BCUT2D eigenvalue weighted by Gasteiger charge is 2.28. The van der Waals surface area contributed by atoms with Gasteiger partial charge in [-0.2, -0.15) is 0 Å². The number of halogens is 1. The number of nitrogens with zero attached hydrogens (tertiary/aromatic N) is 1. The predicted molar refractivity (Wildman–Crippen MR) is 78.2 cm³/mol. The minimum atomic E-state index is -0.282. The van der Waals surface area contributed by atoms with E-state index in [1.807, 2.05) is 4.90 Å². The Labute approximate surface area is 123 Å². The van der Waals surface area contributed by atoms with Crippen LogP contribution in [0.1, 0.15) is 25.7 Å². The van der Waals surface area contributed by atoms with E-state index in [0.717, 1.165) is 19.3 Å². The molecule has 1 aromatic rings. The van der Waals surface area contributed by atoms with Gasteiger partial charge in [0.25, 0.3) is 0 Å². The largest absolute Gasteiger partial charge is 0.396 e. The third-order valence-corrected chi connectivity index (χ3v) is 4.61.